The highest BCUT2D eigenvalue weighted by Gasteiger charge is 2.26. The molecule has 0 aromatic heterocycles. The van der Waals surface area contributed by atoms with Crippen LogP contribution in [0.5, 0.6) is 0 Å². The molecule has 1 heterocycles. The predicted molar refractivity (Wildman–Crippen MR) is 71.1 cm³/mol. The van der Waals surface area contributed by atoms with Gasteiger partial charge >= 0.3 is 0 Å². The van der Waals surface area contributed by atoms with Crippen LogP contribution in [0.25, 0.3) is 0 Å². The normalized spacial score (nSPS) is 17.2. The second kappa shape index (κ2) is 4.80. The number of nitrogens with two attached hydrogens (primary N) is 1. The Morgan fingerprint density at radius 3 is 2.71 bits per heavy atom. The summed E-state index contributed by atoms with van der Waals surface area (Å²) in [5.41, 5.74) is 6.02. The van der Waals surface area contributed by atoms with Gasteiger partial charge in [0.25, 0.3) is 0 Å². The maximum Gasteiger partial charge on any atom is 0.245 e. The number of rotatable bonds is 2. The van der Waals surface area contributed by atoms with Gasteiger partial charge in [-0.25, -0.2) is 8.42 Å². The van der Waals surface area contributed by atoms with Gasteiger partial charge in [-0.15, -0.1) is 0 Å². The summed E-state index contributed by atoms with van der Waals surface area (Å²) in [7, 11) is -3.49. The molecule has 0 aliphatic carbocycles. The summed E-state index contributed by atoms with van der Waals surface area (Å²) in [5.74, 6) is 0. The number of hydrogen-bond donors (Lipinski definition) is 1. The largest absolute Gasteiger partial charge is 0.398 e. The molecule has 1 aromatic carbocycles. The van der Waals surface area contributed by atoms with E-state index in [0.29, 0.717) is 17.6 Å². The molecule has 0 saturated carbocycles. The number of hydrogen-bond acceptors (Lipinski definition) is 3. The van der Waals surface area contributed by atoms with E-state index in [2.05, 4.69) is 15.9 Å². The average molecular weight is 317 g/mol. The molecule has 2 rings (SSSR count). The Bertz CT molecular complexity index is 555. The molecule has 1 aliphatic heterocycles. The standard InChI is InChI=1S/C11H13BrN2O2S/c12-9-4-5-10(13)11(8-9)17(15,16)14-6-2-1-3-7-14/h1-2,4-5,8H,3,6-7,13H2. The van der Waals surface area contributed by atoms with E-state index in [1.54, 1.807) is 18.2 Å². The number of nitrogens with zero attached hydrogens (tertiary/aromatic N) is 1. The molecule has 1 aliphatic rings. The van der Waals surface area contributed by atoms with Crippen LogP contribution in [-0.4, -0.2) is 25.8 Å². The molecule has 0 saturated heterocycles. The van der Waals surface area contributed by atoms with Crippen LogP contribution in [0.3, 0.4) is 0 Å². The van der Waals surface area contributed by atoms with Crippen LogP contribution < -0.4 is 5.73 Å². The summed E-state index contributed by atoms with van der Waals surface area (Å²) in [4.78, 5) is 0.169. The number of benzene rings is 1. The summed E-state index contributed by atoms with van der Waals surface area (Å²) in [6, 6.07) is 4.87. The van der Waals surface area contributed by atoms with Crippen molar-refractivity contribution in [1.82, 2.24) is 4.31 Å². The lowest BCUT2D eigenvalue weighted by atomic mass is 10.3. The van der Waals surface area contributed by atoms with E-state index >= 15 is 0 Å². The summed E-state index contributed by atoms with van der Waals surface area (Å²) in [5, 5.41) is 0. The van der Waals surface area contributed by atoms with Crippen LogP contribution in [-0.2, 0) is 10.0 Å². The van der Waals surface area contributed by atoms with Gasteiger partial charge in [-0.2, -0.15) is 4.31 Å². The molecule has 0 amide bonds. The van der Waals surface area contributed by atoms with Gasteiger partial charge in [0.1, 0.15) is 4.90 Å². The van der Waals surface area contributed by atoms with Crippen molar-refractivity contribution >= 4 is 31.6 Å². The first kappa shape index (κ1) is 12.6. The highest BCUT2D eigenvalue weighted by molar-refractivity contribution is 9.10. The second-order valence-electron chi connectivity index (χ2n) is 3.81. The van der Waals surface area contributed by atoms with E-state index in [0.717, 1.165) is 6.42 Å². The van der Waals surface area contributed by atoms with E-state index < -0.39 is 10.0 Å². The number of nitrogen functional groups attached to an aromatic ring is 1. The fraction of sp³-hybridized carbons (Fsp3) is 0.273. The lowest BCUT2D eigenvalue weighted by Gasteiger charge is -2.23. The van der Waals surface area contributed by atoms with E-state index in [-0.39, 0.29) is 10.6 Å². The molecule has 0 unspecified atom stereocenters. The molecular formula is C11H13BrN2O2S. The van der Waals surface area contributed by atoms with Crippen molar-refractivity contribution in [3.63, 3.8) is 0 Å². The molecule has 0 spiro atoms. The molecule has 17 heavy (non-hydrogen) atoms. The lowest BCUT2D eigenvalue weighted by Crippen LogP contribution is -2.34. The van der Waals surface area contributed by atoms with Gasteiger partial charge < -0.3 is 5.73 Å². The molecule has 4 nitrogen and oxygen atoms in total. The fourth-order valence-corrected chi connectivity index (χ4v) is 3.77. The monoisotopic (exact) mass is 316 g/mol. The molecule has 2 N–H and O–H groups in total. The van der Waals surface area contributed by atoms with Gasteiger partial charge in [0, 0.05) is 17.6 Å². The maximum absolute atomic E-state index is 12.4. The Labute approximate surface area is 109 Å². The first-order valence-corrected chi connectivity index (χ1v) is 7.45. The Balaban J connectivity index is 2.44. The minimum atomic E-state index is -3.49. The first-order chi connectivity index (χ1) is 8.01. The SMILES string of the molecule is Nc1ccc(Br)cc1S(=O)(=O)N1CC=CCC1. The fourth-order valence-electron chi connectivity index (χ4n) is 1.71. The first-order valence-electron chi connectivity index (χ1n) is 5.22. The number of anilines is 1. The topological polar surface area (TPSA) is 63.4 Å². The molecule has 6 heteroatoms. The van der Waals surface area contributed by atoms with Crippen LogP contribution in [0, 0.1) is 0 Å². The Kier molecular flexibility index (Phi) is 3.56. The summed E-state index contributed by atoms with van der Waals surface area (Å²) < 4.78 is 26.8. The second-order valence-corrected chi connectivity index (χ2v) is 6.63. The van der Waals surface area contributed by atoms with Gasteiger partial charge in [-0.3, -0.25) is 0 Å². The number of sulfonamides is 1. The predicted octanol–water partition coefficient (Wildman–Crippen LogP) is 1.98. The van der Waals surface area contributed by atoms with E-state index in [9.17, 15) is 8.42 Å². The highest BCUT2D eigenvalue weighted by atomic mass is 79.9. The summed E-state index contributed by atoms with van der Waals surface area (Å²) in [6.45, 7) is 0.916. The third-order valence-electron chi connectivity index (χ3n) is 2.61. The lowest BCUT2D eigenvalue weighted by molar-refractivity contribution is 0.438. The average Bonchev–Trinajstić information content (AvgIpc) is 2.33. The van der Waals surface area contributed by atoms with Crippen LogP contribution in [0.2, 0.25) is 0 Å². The molecular weight excluding hydrogens is 304 g/mol. The van der Waals surface area contributed by atoms with E-state index in [1.165, 1.54) is 4.31 Å². The Morgan fingerprint density at radius 1 is 1.29 bits per heavy atom. The van der Waals surface area contributed by atoms with Crippen LogP contribution in [0.1, 0.15) is 6.42 Å². The van der Waals surface area contributed by atoms with E-state index in [4.69, 9.17) is 5.73 Å². The van der Waals surface area contributed by atoms with Crippen LogP contribution in [0.15, 0.2) is 39.7 Å². The Morgan fingerprint density at radius 2 is 2.06 bits per heavy atom. The summed E-state index contributed by atoms with van der Waals surface area (Å²) in [6.07, 6.45) is 4.58. The van der Waals surface area contributed by atoms with Gasteiger partial charge in [0.05, 0.1) is 5.69 Å². The minimum Gasteiger partial charge on any atom is -0.398 e. The maximum atomic E-state index is 12.4. The zero-order chi connectivity index (χ0) is 12.5. The molecule has 0 atom stereocenters. The van der Waals surface area contributed by atoms with Gasteiger partial charge in [0.2, 0.25) is 10.0 Å². The minimum absolute atomic E-state index is 0.169. The van der Waals surface area contributed by atoms with Gasteiger partial charge in [-0.05, 0) is 24.6 Å². The molecule has 0 bridgehead atoms. The van der Waals surface area contributed by atoms with Crippen molar-refractivity contribution in [2.75, 3.05) is 18.8 Å². The van der Waals surface area contributed by atoms with Crippen molar-refractivity contribution in [2.24, 2.45) is 0 Å². The third-order valence-corrected chi connectivity index (χ3v) is 5.03. The van der Waals surface area contributed by atoms with Gasteiger partial charge in [0.15, 0.2) is 0 Å². The Hall–Kier alpha value is -0.850. The van der Waals surface area contributed by atoms with Gasteiger partial charge in [-0.1, -0.05) is 28.1 Å². The highest BCUT2D eigenvalue weighted by Crippen LogP contribution is 2.26. The van der Waals surface area contributed by atoms with E-state index in [1.807, 2.05) is 12.2 Å². The zero-order valence-corrected chi connectivity index (χ0v) is 11.5. The molecule has 0 fully saturated rings. The smallest absolute Gasteiger partial charge is 0.245 e. The van der Waals surface area contributed by atoms with Crippen molar-refractivity contribution in [3.05, 3.63) is 34.8 Å². The van der Waals surface area contributed by atoms with Crippen LogP contribution in [0.4, 0.5) is 5.69 Å². The zero-order valence-electron chi connectivity index (χ0n) is 9.14. The molecule has 92 valence electrons. The summed E-state index contributed by atoms with van der Waals surface area (Å²) >= 11 is 3.26. The molecule has 0 radical (unpaired) electrons. The van der Waals surface area contributed by atoms with Crippen molar-refractivity contribution < 1.29 is 8.42 Å². The van der Waals surface area contributed by atoms with Crippen molar-refractivity contribution in [3.8, 4) is 0 Å². The quantitative estimate of drug-likeness (QED) is 0.670. The number of halogens is 1. The van der Waals surface area contributed by atoms with Crippen LogP contribution >= 0.6 is 15.9 Å². The molecule has 1 aromatic rings. The third kappa shape index (κ3) is 2.53. The van der Waals surface area contributed by atoms with Crippen molar-refractivity contribution in [1.29, 1.82) is 0 Å². The van der Waals surface area contributed by atoms with Crippen molar-refractivity contribution in [2.45, 2.75) is 11.3 Å².